The Balaban J connectivity index is 0.000000123. The van der Waals surface area contributed by atoms with Gasteiger partial charge in [0.25, 0.3) is 0 Å². The standard InChI is InChI=1S/C9H12.C8H9N3/c1-2-5-9-7-3-6-8(9)4-1;1-9-8-7-6(5-11-8)3-2-4-10-7/h1-2,4-5,8-9H,3,6-7H2;2-4H,5H2,1H3,(H,9,11). The summed E-state index contributed by atoms with van der Waals surface area (Å²) in [6, 6.07) is 4.01. The number of allylic oxidation sites excluding steroid dienone is 4. The van der Waals surface area contributed by atoms with Crippen LogP contribution in [0.3, 0.4) is 0 Å². The number of pyridine rings is 1. The smallest absolute Gasteiger partial charge is 0.147 e. The van der Waals surface area contributed by atoms with Crippen molar-refractivity contribution in [2.24, 2.45) is 16.8 Å². The van der Waals surface area contributed by atoms with Crippen LogP contribution in [0.5, 0.6) is 0 Å². The van der Waals surface area contributed by atoms with Gasteiger partial charge < -0.3 is 5.32 Å². The lowest BCUT2D eigenvalue weighted by Gasteiger charge is -2.13. The third kappa shape index (κ3) is 2.67. The van der Waals surface area contributed by atoms with Gasteiger partial charge in [-0.05, 0) is 30.7 Å². The van der Waals surface area contributed by atoms with Gasteiger partial charge in [0.1, 0.15) is 11.5 Å². The van der Waals surface area contributed by atoms with E-state index in [1.807, 2.05) is 6.07 Å². The summed E-state index contributed by atoms with van der Waals surface area (Å²) >= 11 is 0. The number of hydrogen-bond donors (Lipinski definition) is 1. The van der Waals surface area contributed by atoms with Gasteiger partial charge in [-0.15, -0.1) is 0 Å². The summed E-state index contributed by atoms with van der Waals surface area (Å²) in [7, 11) is 1.77. The zero-order chi connectivity index (χ0) is 13.8. The molecule has 0 amide bonds. The molecule has 1 fully saturated rings. The molecule has 104 valence electrons. The number of aromatic nitrogens is 1. The fraction of sp³-hybridized carbons (Fsp3) is 0.412. The summed E-state index contributed by atoms with van der Waals surface area (Å²) < 4.78 is 0. The van der Waals surface area contributed by atoms with E-state index in [2.05, 4.69) is 45.7 Å². The molecule has 1 aromatic heterocycles. The predicted molar refractivity (Wildman–Crippen MR) is 82.6 cm³/mol. The molecule has 1 N–H and O–H groups in total. The summed E-state index contributed by atoms with van der Waals surface area (Å²) in [5.41, 5.74) is 2.23. The molecule has 3 aliphatic rings. The molecule has 0 spiro atoms. The molecular formula is C17H21N3. The van der Waals surface area contributed by atoms with E-state index >= 15 is 0 Å². The molecule has 0 saturated heterocycles. The lowest BCUT2D eigenvalue weighted by Crippen LogP contribution is -2.14. The second-order valence-electron chi connectivity index (χ2n) is 5.47. The van der Waals surface area contributed by atoms with Crippen LogP contribution in [-0.2, 0) is 6.54 Å². The molecule has 2 aliphatic carbocycles. The van der Waals surface area contributed by atoms with Gasteiger partial charge in [-0.25, -0.2) is 0 Å². The quantitative estimate of drug-likeness (QED) is 0.784. The third-order valence-corrected chi connectivity index (χ3v) is 4.24. The molecule has 2 heterocycles. The van der Waals surface area contributed by atoms with Crippen molar-refractivity contribution in [3.8, 4) is 0 Å². The number of nitrogens with zero attached hydrogens (tertiary/aromatic N) is 2. The second-order valence-corrected chi connectivity index (χ2v) is 5.47. The molecule has 1 saturated carbocycles. The van der Waals surface area contributed by atoms with Gasteiger partial charge in [0.15, 0.2) is 0 Å². The van der Waals surface area contributed by atoms with Crippen molar-refractivity contribution in [2.75, 3.05) is 7.05 Å². The first-order valence-electron chi connectivity index (χ1n) is 7.38. The Morgan fingerprint density at radius 1 is 1.20 bits per heavy atom. The number of amidine groups is 1. The molecule has 0 radical (unpaired) electrons. The van der Waals surface area contributed by atoms with Crippen molar-refractivity contribution in [3.05, 3.63) is 53.9 Å². The highest BCUT2D eigenvalue weighted by molar-refractivity contribution is 6.00. The first-order chi connectivity index (χ1) is 9.88. The van der Waals surface area contributed by atoms with E-state index in [0.29, 0.717) is 0 Å². The van der Waals surface area contributed by atoms with E-state index in [1.54, 1.807) is 13.2 Å². The Bertz CT molecular complexity index is 539. The normalized spacial score (nSPS) is 27.6. The number of nitrogens with one attached hydrogen (secondary N) is 1. The SMILES string of the molecule is C1=CC2CCCC2C=C1.CN=C1NCc2cccnc21. The minimum atomic E-state index is 0.857. The molecule has 0 aromatic carbocycles. The van der Waals surface area contributed by atoms with Crippen LogP contribution >= 0.6 is 0 Å². The van der Waals surface area contributed by atoms with Crippen LogP contribution in [0, 0.1) is 11.8 Å². The van der Waals surface area contributed by atoms with E-state index in [-0.39, 0.29) is 0 Å². The lowest BCUT2D eigenvalue weighted by molar-refractivity contribution is 0.552. The highest BCUT2D eigenvalue weighted by Crippen LogP contribution is 2.35. The highest BCUT2D eigenvalue weighted by Gasteiger charge is 2.23. The number of rotatable bonds is 0. The van der Waals surface area contributed by atoms with Gasteiger partial charge in [0.05, 0.1) is 0 Å². The van der Waals surface area contributed by atoms with E-state index < -0.39 is 0 Å². The molecule has 1 aliphatic heterocycles. The number of fused-ring (bicyclic) bond motifs is 2. The van der Waals surface area contributed by atoms with Crippen LogP contribution in [0.15, 0.2) is 47.6 Å². The lowest BCUT2D eigenvalue weighted by atomic mass is 9.92. The number of aliphatic imine (C=N–C) groups is 1. The van der Waals surface area contributed by atoms with Gasteiger partial charge in [0.2, 0.25) is 0 Å². The third-order valence-electron chi connectivity index (χ3n) is 4.24. The Hall–Kier alpha value is -1.90. The van der Waals surface area contributed by atoms with Gasteiger partial charge in [-0.1, -0.05) is 36.8 Å². The van der Waals surface area contributed by atoms with E-state index in [1.165, 1.54) is 24.8 Å². The van der Waals surface area contributed by atoms with Gasteiger partial charge in [0, 0.05) is 25.4 Å². The summed E-state index contributed by atoms with van der Waals surface area (Å²) in [5.74, 6) is 2.70. The molecule has 3 nitrogen and oxygen atoms in total. The Morgan fingerprint density at radius 2 is 1.95 bits per heavy atom. The maximum absolute atomic E-state index is 4.22. The number of hydrogen-bond acceptors (Lipinski definition) is 2. The van der Waals surface area contributed by atoms with Crippen molar-refractivity contribution < 1.29 is 0 Å². The Morgan fingerprint density at radius 3 is 2.65 bits per heavy atom. The zero-order valence-corrected chi connectivity index (χ0v) is 11.9. The van der Waals surface area contributed by atoms with Crippen LogP contribution in [0.2, 0.25) is 0 Å². The first kappa shape index (κ1) is 13.1. The molecule has 2 unspecified atom stereocenters. The average Bonchev–Trinajstić information content (AvgIpc) is 3.14. The maximum Gasteiger partial charge on any atom is 0.147 e. The van der Waals surface area contributed by atoms with Crippen LogP contribution in [0.4, 0.5) is 0 Å². The van der Waals surface area contributed by atoms with Crippen molar-refractivity contribution in [1.29, 1.82) is 0 Å². The first-order valence-corrected chi connectivity index (χ1v) is 7.38. The molecule has 4 rings (SSSR count). The fourth-order valence-corrected chi connectivity index (χ4v) is 3.15. The minimum absolute atomic E-state index is 0.857. The maximum atomic E-state index is 4.22. The monoisotopic (exact) mass is 267 g/mol. The van der Waals surface area contributed by atoms with Gasteiger partial charge >= 0.3 is 0 Å². The summed E-state index contributed by atoms with van der Waals surface area (Å²) in [5, 5.41) is 3.16. The van der Waals surface area contributed by atoms with Crippen molar-refractivity contribution in [3.63, 3.8) is 0 Å². The van der Waals surface area contributed by atoms with Crippen molar-refractivity contribution >= 4 is 5.84 Å². The summed E-state index contributed by atoms with van der Waals surface area (Å²) in [4.78, 5) is 8.29. The Kier molecular flexibility index (Phi) is 3.95. The van der Waals surface area contributed by atoms with Crippen LogP contribution in [0.1, 0.15) is 30.5 Å². The van der Waals surface area contributed by atoms with Crippen molar-refractivity contribution in [2.45, 2.75) is 25.8 Å². The molecule has 20 heavy (non-hydrogen) atoms. The van der Waals surface area contributed by atoms with Crippen LogP contribution < -0.4 is 5.32 Å². The van der Waals surface area contributed by atoms with Crippen LogP contribution in [0.25, 0.3) is 0 Å². The Labute approximate surface area is 120 Å². The molecule has 2 atom stereocenters. The van der Waals surface area contributed by atoms with E-state index in [9.17, 15) is 0 Å². The fourth-order valence-electron chi connectivity index (χ4n) is 3.15. The molecule has 1 aromatic rings. The highest BCUT2D eigenvalue weighted by atomic mass is 15.0. The van der Waals surface area contributed by atoms with Gasteiger partial charge in [-0.2, -0.15) is 0 Å². The molecule has 0 bridgehead atoms. The van der Waals surface area contributed by atoms with E-state index in [4.69, 9.17) is 0 Å². The molecular weight excluding hydrogens is 246 g/mol. The van der Waals surface area contributed by atoms with Gasteiger partial charge in [-0.3, -0.25) is 9.98 Å². The summed E-state index contributed by atoms with van der Waals surface area (Å²) in [6.45, 7) is 0.857. The topological polar surface area (TPSA) is 37.3 Å². The minimum Gasteiger partial charge on any atom is -0.364 e. The molecule has 3 heteroatoms. The van der Waals surface area contributed by atoms with Crippen LogP contribution in [-0.4, -0.2) is 17.9 Å². The largest absolute Gasteiger partial charge is 0.364 e. The zero-order valence-electron chi connectivity index (χ0n) is 11.9. The van der Waals surface area contributed by atoms with E-state index in [0.717, 1.165) is 29.9 Å². The summed E-state index contributed by atoms with van der Waals surface area (Å²) in [6.07, 6.45) is 15.2. The second kappa shape index (κ2) is 6.04. The van der Waals surface area contributed by atoms with Crippen molar-refractivity contribution in [1.82, 2.24) is 10.3 Å². The average molecular weight is 267 g/mol. The predicted octanol–water partition coefficient (Wildman–Crippen LogP) is 3.09.